The molecule has 3 nitrogen and oxygen atoms in total. The number of hydrogen-bond donors (Lipinski definition) is 1. The van der Waals surface area contributed by atoms with Crippen molar-refractivity contribution in [2.24, 2.45) is 5.73 Å². The topological polar surface area (TPSA) is 48.4 Å². The fourth-order valence-corrected chi connectivity index (χ4v) is 2.53. The second-order valence-corrected chi connectivity index (χ2v) is 4.20. The normalized spacial score (nSPS) is 21.7. The van der Waals surface area contributed by atoms with Crippen molar-refractivity contribution in [2.75, 3.05) is 6.61 Å². The van der Waals surface area contributed by atoms with Gasteiger partial charge in [-0.1, -0.05) is 12.8 Å². The molecular weight excluding hydrogens is 190 g/mol. The first-order chi connectivity index (χ1) is 7.28. The molecule has 0 amide bonds. The van der Waals surface area contributed by atoms with E-state index in [-0.39, 0.29) is 11.6 Å². The molecule has 0 aliphatic heterocycles. The highest BCUT2D eigenvalue weighted by molar-refractivity contribution is 5.11. The first-order valence-electron chi connectivity index (χ1n) is 5.71. The Morgan fingerprint density at radius 2 is 2.27 bits per heavy atom. The van der Waals surface area contributed by atoms with Gasteiger partial charge in [-0.2, -0.15) is 0 Å². The van der Waals surface area contributed by atoms with Crippen molar-refractivity contribution >= 4 is 0 Å². The molecule has 0 bridgehead atoms. The lowest BCUT2D eigenvalue weighted by molar-refractivity contribution is -0.0577. The molecule has 1 unspecified atom stereocenters. The Hall–Kier alpha value is -0.800. The highest BCUT2D eigenvalue weighted by atomic mass is 16.5. The number of furan rings is 1. The third-order valence-corrected chi connectivity index (χ3v) is 3.30. The summed E-state index contributed by atoms with van der Waals surface area (Å²) in [6.07, 6.45) is 6.16. The Labute approximate surface area is 90.6 Å². The summed E-state index contributed by atoms with van der Waals surface area (Å²) in [5.74, 6) is 0.838. The highest BCUT2D eigenvalue weighted by Crippen LogP contribution is 2.41. The summed E-state index contributed by atoms with van der Waals surface area (Å²) >= 11 is 0. The second kappa shape index (κ2) is 4.37. The second-order valence-electron chi connectivity index (χ2n) is 4.20. The highest BCUT2D eigenvalue weighted by Gasteiger charge is 2.42. The zero-order chi connectivity index (χ0) is 10.7. The van der Waals surface area contributed by atoms with E-state index in [0.717, 1.165) is 18.6 Å². The average Bonchev–Trinajstić information content (AvgIpc) is 2.88. The molecule has 84 valence electrons. The minimum atomic E-state index is -0.188. The Bertz CT molecular complexity index is 289. The first-order valence-corrected chi connectivity index (χ1v) is 5.71. The van der Waals surface area contributed by atoms with Gasteiger partial charge < -0.3 is 14.9 Å². The molecule has 0 saturated heterocycles. The smallest absolute Gasteiger partial charge is 0.123 e. The predicted octanol–water partition coefficient (Wildman–Crippen LogP) is 2.63. The van der Waals surface area contributed by atoms with Crippen LogP contribution in [0.25, 0.3) is 0 Å². The number of nitrogens with two attached hydrogens (primary N) is 1. The Kier molecular flexibility index (Phi) is 3.12. The molecule has 1 aromatic rings. The van der Waals surface area contributed by atoms with E-state index in [0.29, 0.717) is 6.61 Å². The van der Waals surface area contributed by atoms with E-state index in [1.807, 2.05) is 19.1 Å². The molecule has 3 heteroatoms. The molecule has 1 aromatic heterocycles. The molecular formula is C12H19NO2. The van der Waals surface area contributed by atoms with Crippen LogP contribution < -0.4 is 5.73 Å². The molecule has 1 fully saturated rings. The van der Waals surface area contributed by atoms with Gasteiger partial charge in [0.1, 0.15) is 5.76 Å². The van der Waals surface area contributed by atoms with Gasteiger partial charge in [0.2, 0.25) is 0 Å². The van der Waals surface area contributed by atoms with Crippen LogP contribution in [0.1, 0.15) is 44.4 Å². The lowest BCUT2D eigenvalue weighted by atomic mass is 9.91. The number of hydrogen-bond acceptors (Lipinski definition) is 3. The van der Waals surface area contributed by atoms with Gasteiger partial charge in [-0.25, -0.2) is 0 Å². The zero-order valence-corrected chi connectivity index (χ0v) is 9.24. The molecule has 1 atom stereocenters. The molecule has 1 aliphatic carbocycles. The predicted molar refractivity (Wildman–Crippen MR) is 58.5 cm³/mol. The van der Waals surface area contributed by atoms with Crippen LogP contribution in [0.5, 0.6) is 0 Å². The van der Waals surface area contributed by atoms with Gasteiger partial charge in [-0.3, -0.25) is 0 Å². The summed E-state index contributed by atoms with van der Waals surface area (Å²) in [6.45, 7) is 2.74. The van der Waals surface area contributed by atoms with E-state index in [1.165, 1.54) is 12.8 Å². The van der Waals surface area contributed by atoms with E-state index in [1.54, 1.807) is 6.26 Å². The maximum atomic E-state index is 6.25. The van der Waals surface area contributed by atoms with Crippen LogP contribution in [0.2, 0.25) is 0 Å². The van der Waals surface area contributed by atoms with Crippen LogP contribution in [0.4, 0.5) is 0 Å². The fraction of sp³-hybridized carbons (Fsp3) is 0.667. The Morgan fingerprint density at radius 3 is 2.80 bits per heavy atom. The molecule has 0 aromatic carbocycles. The summed E-state index contributed by atoms with van der Waals surface area (Å²) in [6, 6.07) is 3.68. The zero-order valence-electron chi connectivity index (χ0n) is 9.24. The molecule has 0 radical (unpaired) electrons. The van der Waals surface area contributed by atoms with E-state index in [2.05, 4.69) is 0 Å². The minimum Gasteiger partial charge on any atom is -0.468 e. The van der Waals surface area contributed by atoms with E-state index < -0.39 is 0 Å². The molecule has 2 N–H and O–H groups in total. The molecule has 1 aliphatic rings. The SMILES string of the molecule is CCOC1(C(N)c2ccco2)CCCC1. The monoisotopic (exact) mass is 209 g/mol. The maximum Gasteiger partial charge on any atom is 0.123 e. The van der Waals surface area contributed by atoms with E-state index in [4.69, 9.17) is 14.9 Å². The molecule has 15 heavy (non-hydrogen) atoms. The summed E-state index contributed by atoms with van der Waals surface area (Å²) in [5.41, 5.74) is 6.06. The average molecular weight is 209 g/mol. The van der Waals surface area contributed by atoms with Crippen LogP contribution >= 0.6 is 0 Å². The Morgan fingerprint density at radius 1 is 1.53 bits per heavy atom. The minimum absolute atomic E-state index is 0.130. The lowest BCUT2D eigenvalue weighted by Gasteiger charge is -2.33. The van der Waals surface area contributed by atoms with Crippen LogP contribution in [-0.2, 0) is 4.74 Å². The van der Waals surface area contributed by atoms with E-state index >= 15 is 0 Å². The summed E-state index contributed by atoms with van der Waals surface area (Å²) in [4.78, 5) is 0. The number of ether oxygens (including phenoxy) is 1. The molecule has 2 rings (SSSR count). The molecule has 1 saturated carbocycles. The van der Waals surface area contributed by atoms with Crippen molar-refractivity contribution in [2.45, 2.75) is 44.2 Å². The van der Waals surface area contributed by atoms with Gasteiger partial charge in [0.25, 0.3) is 0 Å². The first kappa shape index (κ1) is 10.7. The summed E-state index contributed by atoms with van der Waals surface area (Å²) < 4.78 is 11.3. The van der Waals surface area contributed by atoms with Gasteiger partial charge in [0.15, 0.2) is 0 Å². The van der Waals surface area contributed by atoms with Crippen molar-refractivity contribution in [3.63, 3.8) is 0 Å². The van der Waals surface area contributed by atoms with Crippen LogP contribution in [0.15, 0.2) is 22.8 Å². The van der Waals surface area contributed by atoms with Gasteiger partial charge in [-0.05, 0) is 31.9 Å². The van der Waals surface area contributed by atoms with Crippen molar-refractivity contribution in [1.82, 2.24) is 0 Å². The van der Waals surface area contributed by atoms with Crippen molar-refractivity contribution < 1.29 is 9.15 Å². The van der Waals surface area contributed by atoms with Gasteiger partial charge in [-0.15, -0.1) is 0 Å². The Balaban J connectivity index is 2.17. The molecule has 0 spiro atoms. The largest absolute Gasteiger partial charge is 0.468 e. The van der Waals surface area contributed by atoms with Crippen molar-refractivity contribution in [1.29, 1.82) is 0 Å². The van der Waals surface area contributed by atoms with Crippen LogP contribution in [0.3, 0.4) is 0 Å². The van der Waals surface area contributed by atoms with Crippen molar-refractivity contribution in [3.05, 3.63) is 24.2 Å². The lowest BCUT2D eigenvalue weighted by Crippen LogP contribution is -2.41. The fourth-order valence-electron chi connectivity index (χ4n) is 2.53. The molecule has 1 heterocycles. The summed E-state index contributed by atoms with van der Waals surface area (Å²) in [7, 11) is 0. The third-order valence-electron chi connectivity index (χ3n) is 3.30. The van der Waals surface area contributed by atoms with Gasteiger partial charge in [0, 0.05) is 6.61 Å². The summed E-state index contributed by atoms with van der Waals surface area (Å²) in [5, 5.41) is 0. The van der Waals surface area contributed by atoms with Crippen LogP contribution in [-0.4, -0.2) is 12.2 Å². The quantitative estimate of drug-likeness (QED) is 0.829. The van der Waals surface area contributed by atoms with Gasteiger partial charge in [0.05, 0.1) is 17.9 Å². The third kappa shape index (κ3) is 1.94. The standard InChI is InChI=1S/C12H19NO2/c1-2-15-12(7-3-4-8-12)11(13)10-6-5-9-14-10/h5-6,9,11H,2-4,7-8,13H2,1H3. The number of rotatable bonds is 4. The van der Waals surface area contributed by atoms with Crippen molar-refractivity contribution in [3.8, 4) is 0 Å². The van der Waals surface area contributed by atoms with Crippen LogP contribution in [0, 0.1) is 0 Å². The maximum absolute atomic E-state index is 6.25. The van der Waals surface area contributed by atoms with Gasteiger partial charge >= 0.3 is 0 Å². The van der Waals surface area contributed by atoms with E-state index in [9.17, 15) is 0 Å².